The van der Waals surface area contributed by atoms with Crippen molar-refractivity contribution in [1.82, 2.24) is 4.90 Å². The van der Waals surface area contributed by atoms with Gasteiger partial charge in [-0.3, -0.25) is 9.80 Å². The van der Waals surface area contributed by atoms with Crippen LogP contribution in [0.3, 0.4) is 0 Å². The highest BCUT2D eigenvalue weighted by Gasteiger charge is 2.45. The highest BCUT2D eigenvalue weighted by molar-refractivity contribution is 5.88. The number of anilines is 1. The normalized spacial score (nSPS) is 22.1. The smallest absolute Gasteiger partial charge is 0.414 e. The summed E-state index contributed by atoms with van der Waals surface area (Å²) < 4.78 is 10.7. The van der Waals surface area contributed by atoms with Gasteiger partial charge in [0.15, 0.2) is 0 Å². The molecule has 0 aliphatic carbocycles. The molecule has 2 amide bonds. The predicted molar refractivity (Wildman–Crippen MR) is 99.1 cm³/mol. The second-order valence-electron chi connectivity index (χ2n) is 8.14. The first-order chi connectivity index (χ1) is 12.7. The van der Waals surface area contributed by atoms with E-state index in [-0.39, 0.29) is 12.5 Å². The van der Waals surface area contributed by atoms with Crippen molar-refractivity contribution >= 4 is 17.9 Å². The third-order valence-corrected chi connectivity index (χ3v) is 4.91. The van der Waals surface area contributed by atoms with E-state index < -0.39 is 17.2 Å². The fourth-order valence-electron chi connectivity index (χ4n) is 3.61. The summed E-state index contributed by atoms with van der Waals surface area (Å²) in [5, 5.41) is 9.34. The lowest BCUT2D eigenvalue weighted by molar-refractivity contribution is 0.00263. The van der Waals surface area contributed by atoms with Gasteiger partial charge in [-0.15, -0.1) is 0 Å². The molecule has 0 N–H and O–H groups in total. The number of cyclic esters (lactones) is 1. The number of hydrogen-bond acceptors (Lipinski definition) is 5. The van der Waals surface area contributed by atoms with Gasteiger partial charge in [0, 0.05) is 12.2 Å². The summed E-state index contributed by atoms with van der Waals surface area (Å²) in [6.07, 6.45) is 0.127. The Hall–Kier alpha value is -2.75. The molecule has 1 aromatic carbocycles. The molecular formula is C20H25N3O4. The van der Waals surface area contributed by atoms with E-state index in [0.29, 0.717) is 19.7 Å². The summed E-state index contributed by atoms with van der Waals surface area (Å²) in [5.41, 5.74) is 1.16. The molecule has 27 heavy (non-hydrogen) atoms. The molecule has 1 aromatic rings. The van der Waals surface area contributed by atoms with E-state index in [1.807, 2.05) is 45.9 Å². The van der Waals surface area contributed by atoms with Crippen molar-refractivity contribution < 1.29 is 19.1 Å². The summed E-state index contributed by atoms with van der Waals surface area (Å²) in [6, 6.07) is 7.84. The number of carbonyl (C=O) groups excluding carboxylic acids is 2. The third kappa shape index (κ3) is 3.57. The minimum Gasteiger partial charge on any atom is -0.449 e. The molecule has 0 radical (unpaired) electrons. The van der Waals surface area contributed by atoms with Gasteiger partial charge in [-0.2, -0.15) is 5.26 Å². The van der Waals surface area contributed by atoms with Gasteiger partial charge >= 0.3 is 12.2 Å². The third-order valence-electron chi connectivity index (χ3n) is 4.91. The molecule has 1 atom stereocenters. The zero-order valence-corrected chi connectivity index (χ0v) is 16.2. The molecule has 2 aliphatic rings. The molecule has 3 rings (SSSR count). The number of hydrogen-bond donors (Lipinski definition) is 0. The van der Waals surface area contributed by atoms with E-state index in [1.54, 1.807) is 9.80 Å². The van der Waals surface area contributed by atoms with E-state index in [0.717, 1.165) is 23.2 Å². The van der Waals surface area contributed by atoms with E-state index >= 15 is 0 Å². The fourth-order valence-corrected chi connectivity index (χ4v) is 3.61. The summed E-state index contributed by atoms with van der Waals surface area (Å²) >= 11 is 0. The van der Waals surface area contributed by atoms with Crippen LogP contribution in [0.25, 0.3) is 0 Å². The van der Waals surface area contributed by atoms with E-state index in [9.17, 15) is 14.9 Å². The van der Waals surface area contributed by atoms with E-state index in [2.05, 4.69) is 6.07 Å². The standard InChI is InChI=1S/C20H25N3O4/c1-19(2,3)27-18(25)23-13-14-12-15(22-10-5-11-26-17(22)24)6-7-16(14)20(23,4)8-9-21/h6-7,12H,5,8,10-11,13H2,1-4H3. The number of benzene rings is 1. The molecule has 144 valence electrons. The number of nitriles is 1. The minimum absolute atomic E-state index is 0.157. The largest absolute Gasteiger partial charge is 0.449 e. The van der Waals surface area contributed by atoms with Crippen LogP contribution in [-0.4, -0.2) is 35.8 Å². The Bertz CT molecular complexity index is 808. The zero-order chi connectivity index (χ0) is 19.8. The Balaban J connectivity index is 1.95. The molecule has 7 nitrogen and oxygen atoms in total. The molecule has 1 unspecified atom stereocenters. The molecule has 0 bridgehead atoms. The van der Waals surface area contributed by atoms with E-state index in [4.69, 9.17) is 9.47 Å². The number of nitrogens with zero attached hydrogens (tertiary/aromatic N) is 3. The van der Waals surface area contributed by atoms with E-state index in [1.165, 1.54) is 0 Å². The maximum Gasteiger partial charge on any atom is 0.414 e. The van der Waals surface area contributed by atoms with Gasteiger partial charge in [-0.05, 0) is 57.4 Å². The highest BCUT2D eigenvalue weighted by Crippen LogP contribution is 2.43. The molecule has 0 saturated carbocycles. The molecule has 2 heterocycles. The van der Waals surface area contributed by atoms with Crippen molar-refractivity contribution in [3.63, 3.8) is 0 Å². The van der Waals surface area contributed by atoms with Crippen LogP contribution < -0.4 is 4.90 Å². The second-order valence-corrected chi connectivity index (χ2v) is 8.14. The highest BCUT2D eigenvalue weighted by atomic mass is 16.6. The Morgan fingerprint density at radius 2 is 2.15 bits per heavy atom. The predicted octanol–water partition coefficient (Wildman–Crippen LogP) is 3.91. The van der Waals surface area contributed by atoms with Gasteiger partial charge in [0.2, 0.25) is 0 Å². The lowest BCUT2D eigenvalue weighted by Crippen LogP contribution is -2.44. The molecule has 1 fully saturated rings. The number of ether oxygens (including phenoxy) is 2. The van der Waals surface area contributed by atoms with Crippen LogP contribution in [0.5, 0.6) is 0 Å². The lowest BCUT2D eigenvalue weighted by Gasteiger charge is -2.35. The first kappa shape index (κ1) is 19.0. The van der Waals surface area contributed by atoms with Crippen LogP contribution in [-0.2, 0) is 21.6 Å². The molecular weight excluding hydrogens is 346 g/mol. The number of fused-ring (bicyclic) bond motifs is 1. The first-order valence-electron chi connectivity index (χ1n) is 9.11. The quantitative estimate of drug-likeness (QED) is 0.787. The lowest BCUT2D eigenvalue weighted by atomic mass is 9.88. The van der Waals surface area contributed by atoms with Crippen molar-refractivity contribution in [3.05, 3.63) is 29.3 Å². The van der Waals surface area contributed by atoms with Gasteiger partial charge in [-0.25, -0.2) is 9.59 Å². The van der Waals surface area contributed by atoms with Crippen molar-refractivity contribution in [2.45, 2.75) is 58.2 Å². The maximum atomic E-state index is 12.8. The SMILES string of the molecule is CC(C)(C)OC(=O)N1Cc2cc(N3CCCOC3=O)ccc2C1(C)CC#N. The number of carbonyl (C=O) groups is 2. The van der Waals surface area contributed by atoms with Crippen LogP contribution in [0.15, 0.2) is 18.2 Å². The van der Waals surface area contributed by atoms with Gasteiger partial charge in [0.05, 0.1) is 31.2 Å². The van der Waals surface area contributed by atoms with Crippen molar-refractivity contribution in [3.8, 4) is 6.07 Å². The first-order valence-corrected chi connectivity index (χ1v) is 9.11. The van der Waals surface area contributed by atoms with Crippen LogP contribution in [0.1, 0.15) is 51.7 Å². The van der Waals surface area contributed by atoms with Gasteiger partial charge < -0.3 is 9.47 Å². The molecule has 0 aromatic heterocycles. The second kappa shape index (κ2) is 6.76. The summed E-state index contributed by atoms with van der Waals surface area (Å²) in [5.74, 6) is 0. The minimum atomic E-state index is -0.770. The Morgan fingerprint density at radius 3 is 2.78 bits per heavy atom. The molecule has 7 heteroatoms. The molecule has 1 saturated heterocycles. The van der Waals surface area contributed by atoms with Crippen molar-refractivity contribution in [2.75, 3.05) is 18.1 Å². The Morgan fingerprint density at radius 1 is 1.41 bits per heavy atom. The van der Waals surface area contributed by atoms with Crippen LogP contribution in [0.4, 0.5) is 15.3 Å². The van der Waals surface area contributed by atoms with Crippen LogP contribution >= 0.6 is 0 Å². The zero-order valence-electron chi connectivity index (χ0n) is 16.2. The number of amides is 2. The monoisotopic (exact) mass is 371 g/mol. The Kier molecular flexibility index (Phi) is 4.77. The summed E-state index contributed by atoms with van der Waals surface area (Å²) in [4.78, 5) is 28.0. The number of rotatable bonds is 2. The van der Waals surface area contributed by atoms with Crippen molar-refractivity contribution in [1.29, 1.82) is 5.26 Å². The van der Waals surface area contributed by atoms with Crippen LogP contribution in [0, 0.1) is 11.3 Å². The van der Waals surface area contributed by atoms with Gasteiger partial charge in [0.25, 0.3) is 0 Å². The molecule has 0 spiro atoms. The summed E-state index contributed by atoms with van der Waals surface area (Å²) in [6.45, 7) is 8.69. The average molecular weight is 371 g/mol. The summed E-state index contributed by atoms with van der Waals surface area (Å²) in [7, 11) is 0. The average Bonchev–Trinajstić information content (AvgIpc) is 2.86. The molecule has 2 aliphatic heterocycles. The topological polar surface area (TPSA) is 82.9 Å². The van der Waals surface area contributed by atoms with Gasteiger partial charge in [-0.1, -0.05) is 6.07 Å². The maximum absolute atomic E-state index is 12.8. The fraction of sp³-hybridized carbons (Fsp3) is 0.550. The van der Waals surface area contributed by atoms with Crippen LogP contribution in [0.2, 0.25) is 0 Å². The Labute approximate surface area is 159 Å². The van der Waals surface area contributed by atoms with Crippen molar-refractivity contribution in [2.24, 2.45) is 0 Å². The van der Waals surface area contributed by atoms with Gasteiger partial charge in [0.1, 0.15) is 5.60 Å².